The molecule has 0 aliphatic heterocycles. The number of methoxy groups -OCH3 is 1. The second-order valence-corrected chi connectivity index (χ2v) is 13.3. The number of benzene rings is 1. The first-order valence-electron chi connectivity index (χ1n) is 13.5. The molecule has 0 saturated heterocycles. The number of nitrogens with zero attached hydrogens (tertiary/aromatic N) is 5. The van der Waals surface area contributed by atoms with Crippen molar-refractivity contribution in [2.24, 2.45) is 17.6 Å². The summed E-state index contributed by atoms with van der Waals surface area (Å²) in [6.45, 7) is 6.71. The summed E-state index contributed by atoms with van der Waals surface area (Å²) < 4.78 is 43.0. The Morgan fingerprint density at radius 1 is 1.20 bits per heavy atom. The second-order valence-electron chi connectivity index (χ2n) is 10.9. The van der Waals surface area contributed by atoms with Gasteiger partial charge in [0.1, 0.15) is 5.82 Å². The first-order valence-corrected chi connectivity index (χ1v) is 15.8. The van der Waals surface area contributed by atoms with Gasteiger partial charge in [0.25, 0.3) is 0 Å². The van der Waals surface area contributed by atoms with Crippen molar-refractivity contribution in [1.82, 2.24) is 15.2 Å². The summed E-state index contributed by atoms with van der Waals surface area (Å²) in [6, 6.07) is 11.5. The lowest BCUT2D eigenvalue weighted by Crippen LogP contribution is -2.35. The molecule has 0 spiro atoms. The first kappa shape index (κ1) is 31.2. The Balaban J connectivity index is 1.72. The quantitative estimate of drug-likeness (QED) is 0.255. The molecule has 0 bridgehead atoms. The Kier molecular flexibility index (Phi) is 9.91. The minimum atomic E-state index is -3.68. The zero-order chi connectivity index (χ0) is 29.8. The smallest absolute Gasteiger partial charge is 0.249 e. The van der Waals surface area contributed by atoms with Crippen LogP contribution in [-0.2, 0) is 31.5 Å². The van der Waals surface area contributed by atoms with Crippen LogP contribution in [0.1, 0.15) is 31.7 Å². The lowest BCUT2D eigenvalue weighted by molar-refractivity contribution is 0.0739. The van der Waals surface area contributed by atoms with Gasteiger partial charge in [-0.3, -0.25) is 4.31 Å². The number of anilines is 2. The van der Waals surface area contributed by atoms with Gasteiger partial charge in [0.2, 0.25) is 21.8 Å². The van der Waals surface area contributed by atoms with Crippen molar-refractivity contribution in [3.8, 4) is 11.5 Å². The molecule has 3 aromatic rings. The van der Waals surface area contributed by atoms with E-state index in [0.717, 1.165) is 29.1 Å². The number of pyridine rings is 1. The molecular formula is C28H39ClN6O5S. The molecule has 0 radical (unpaired) electrons. The highest BCUT2D eigenvalue weighted by atomic mass is 35.5. The van der Waals surface area contributed by atoms with Crippen LogP contribution >= 0.6 is 11.6 Å². The van der Waals surface area contributed by atoms with Crippen LogP contribution in [0.3, 0.4) is 0 Å². The molecule has 4 rings (SSSR count). The fraction of sp³-hybridized carbons (Fsp3) is 0.536. The summed E-state index contributed by atoms with van der Waals surface area (Å²) in [5.74, 6) is 2.05. The van der Waals surface area contributed by atoms with Crippen LogP contribution in [-0.4, -0.2) is 76.9 Å². The summed E-state index contributed by atoms with van der Waals surface area (Å²) in [5.41, 5.74) is 7.06. The van der Waals surface area contributed by atoms with E-state index in [2.05, 4.69) is 22.0 Å². The van der Waals surface area contributed by atoms with Crippen LogP contribution in [0, 0.1) is 11.8 Å². The molecule has 1 aliphatic carbocycles. The Bertz CT molecular complexity index is 1420. The number of hydrogen-bond acceptors (Lipinski definition) is 10. The number of aromatic nitrogens is 3. The minimum absolute atomic E-state index is 0.0651. The van der Waals surface area contributed by atoms with E-state index in [4.69, 9.17) is 36.2 Å². The first-order chi connectivity index (χ1) is 19.4. The van der Waals surface area contributed by atoms with Gasteiger partial charge in [-0.25, -0.2) is 13.4 Å². The predicted octanol–water partition coefficient (Wildman–Crippen LogP) is 3.72. The highest BCUT2D eigenvalue weighted by Gasteiger charge is 2.35. The number of hydrogen-bond donors (Lipinski definition) is 1. The van der Waals surface area contributed by atoms with E-state index in [1.54, 1.807) is 13.2 Å². The number of ether oxygens (including phenoxy) is 2. The average molecular weight is 607 g/mol. The standard InChI is InChI=1S/C28H39ClN6O5S/c1-19-15-21(19)18-35(11-12-39-14-13-38-4)23-16-22(24(29)25(31-23)34(3)41(5,36)37)26-32-33-27(40-26)28(2,30)17-20-9-7-6-8-10-20/h6-10,16,19,21H,11-15,17-18,30H2,1-5H3/t19?,21?,28-/m0/s1. The normalized spacial score (nSPS) is 18.2. The molecule has 2 unspecified atom stereocenters. The third-order valence-electron chi connectivity index (χ3n) is 7.27. The van der Waals surface area contributed by atoms with E-state index in [-0.39, 0.29) is 22.6 Å². The topological polar surface area (TPSA) is 137 Å². The van der Waals surface area contributed by atoms with Gasteiger partial charge in [0.15, 0.2) is 5.82 Å². The van der Waals surface area contributed by atoms with Crippen molar-refractivity contribution in [2.75, 3.05) is 62.5 Å². The number of nitrogens with two attached hydrogens (primary N) is 1. The van der Waals surface area contributed by atoms with Crippen molar-refractivity contribution in [3.05, 3.63) is 52.9 Å². The summed E-state index contributed by atoms with van der Waals surface area (Å²) in [6.07, 6.45) is 2.68. The monoisotopic (exact) mass is 606 g/mol. The number of rotatable bonds is 15. The molecular weight excluding hydrogens is 568 g/mol. The molecule has 2 N–H and O–H groups in total. The van der Waals surface area contributed by atoms with Crippen LogP contribution in [0.25, 0.3) is 11.5 Å². The molecule has 224 valence electrons. The third-order valence-corrected chi connectivity index (χ3v) is 8.81. The van der Waals surface area contributed by atoms with Crippen LogP contribution < -0.4 is 14.9 Å². The lowest BCUT2D eigenvalue weighted by Gasteiger charge is -2.27. The SMILES string of the molecule is COCCOCCN(CC1CC1C)c1cc(-c2nnc([C@@](C)(N)Cc3ccccc3)o2)c(Cl)c(N(C)S(C)(=O)=O)n1. The maximum atomic E-state index is 12.5. The van der Waals surface area contributed by atoms with Gasteiger partial charge >= 0.3 is 0 Å². The molecule has 1 saturated carbocycles. The van der Waals surface area contributed by atoms with Crippen molar-refractivity contribution >= 4 is 33.3 Å². The van der Waals surface area contributed by atoms with Crippen molar-refractivity contribution < 1.29 is 22.3 Å². The molecule has 2 aromatic heterocycles. The van der Waals surface area contributed by atoms with E-state index in [0.29, 0.717) is 56.0 Å². The van der Waals surface area contributed by atoms with E-state index >= 15 is 0 Å². The van der Waals surface area contributed by atoms with Gasteiger partial charge in [-0.05, 0) is 43.2 Å². The molecule has 3 atom stereocenters. The second kappa shape index (κ2) is 13.0. The van der Waals surface area contributed by atoms with Gasteiger partial charge in [0.05, 0.1) is 42.2 Å². The molecule has 1 aliphatic rings. The van der Waals surface area contributed by atoms with Gasteiger partial charge < -0.3 is 24.5 Å². The van der Waals surface area contributed by atoms with E-state index in [9.17, 15) is 8.42 Å². The molecule has 1 fully saturated rings. The Hall–Kier alpha value is -2.77. The Morgan fingerprint density at radius 3 is 2.54 bits per heavy atom. The van der Waals surface area contributed by atoms with Gasteiger partial charge in [-0.15, -0.1) is 10.2 Å². The summed E-state index contributed by atoms with van der Waals surface area (Å²) in [7, 11) is -0.639. The highest BCUT2D eigenvalue weighted by Crippen LogP contribution is 2.41. The zero-order valence-corrected chi connectivity index (χ0v) is 25.8. The van der Waals surface area contributed by atoms with Crippen LogP contribution in [0.15, 0.2) is 40.8 Å². The molecule has 11 nitrogen and oxygen atoms in total. The van der Waals surface area contributed by atoms with Crippen molar-refractivity contribution in [2.45, 2.75) is 32.2 Å². The van der Waals surface area contributed by atoms with Crippen LogP contribution in [0.4, 0.5) is 11.6 Å². The van der Waals surface area contributed by atoms with Crippen molar-refractivity contribution in [1.29, 1.82) is 0 Å². The van der Waals surface area contributed by atoms with Crippen LogP contribution in [0.2, 0.25) is 5.02 Å². The Morgan fingerprint density at radius 2 is 1.90 bits per heavy atom. The molecule has 13 heteroatoms. The fourth-order valence-corrected chi connectivity index (χ4v) is 5.30. The lowest BCUT2D eigenvalue weighted by atomic mass is 9.94. The minimum Gasteiger partial charge on any atom is -0.419 e. The molecule has 1 aromatic carbocycles. The number of halogens is 1. The Labute approximate surface area is 247 Å². The molecule has 0 amide bonds. The summed E-state index contributed by atoms with van der Waals surface area (Å²) >= 11 is 6.79. The molecule has 41 heavy (non-hydrogen) atoms. The zero-order valence-electron chi connectivity index (χ0n) is 24.2. The van der Waals surface area contributed by atoms with E-state index in [1.807, 2.05) is 37.3 Å². The average Bonchev–Trinajstić information content (AvgIpc) is 3.38. The highest BCUT2D eigenvalue weighted by molar-refractivity contribution is 7.92. The summed E-state index contributed by atoms with van der Waals surface area (Å²) in [4.78, 5) is 6.79. The summed E-state index contributed by atoms with van der Waals surface area (Å²) in [5, 5.41) is 8.59. The third kappa shape index (κ3) is 7.95. The largest absolute Gasteiger partial charge is 0.419 e. The maximum Gasteiger partial charge on any atom is 0.249 e. The maximum absolute atomic E-state index is 12.5. The van der Waals surface area contributed by atoms with Gasteiger partial charge in [0, 0.05) is 27.2 Å². The fourth-order valence-electron chi connectivity index (χ4n) is 4.50. The number of sulfonamides is 1. The predicted molar refractivity (Wildman–Crippen MR) is 160 cm³/mol. The van der Waals surface area contributed by atoms with E-state index < -0.39 is 15.6 Å². The van der Waals surface area contributed by atoms with Crippen LogP contribution in [0.5, 0.6) is 0 Å². The molecule has 2 heterocycles. The van der Waals surface area contributed by atoms with E-state index in [1.165, 1.54) is 7.05 Å². The van der Waals surface area contributed by atoms with Crippen molar-refractivity contribution in [3.63, 3.8) is 0 Å². The van der Waals surface area contributed by atoms with Gasteiger partial charge in [-0.2, -0.15) is 0 Å². The van der Waals surface area contributed by atoms with Gasteiger partial charge in [-0.1, -0.05) is 48.9 Å².